The maximum Gasteiger partial charge on any atom is 0.404 e. The molecule has 0 aliphatic carbocycles. The van der Waals surface area contributed by atoms with Gasteiger partial charge in [-0.2, -0.15) is 13.2 Å². The van der Waals surface area contributed by atoms with E-state index in [2.05, 4.69) is 12.2 Å². The van der Waals surface area contributed by atoms with E-state index in [4.69, 9.17) is 23.2 Å². The predicted molar refractivity (Wildman–Crippen MR) is 146 cm³/mol. The molecule has 1 N–H and O–H groups in total. The zero-order valence-corrected chi connectivity index (χ0v) is 23.3. The van der Waals surface area contributed by atoms with Gasteiger partial charge in [-0.15, -0.1) is 0 Å². The maximum absolute atomic E-state index is 13.8. The van der Waals surface area contributed by atoms with Crippen LogP contribution >= 0.6 is 23.2 Å². The zero-order valence-electron chi connectivity index (χ0n) is 21.8. The lowest BCUT2D eigenvalue weighted by Crippen LogP contribution is -2.44. The van der Waals surface area contributed by atoms with E-state index in [1.807, 2.05) is 6.07 Å². The summed E-state index contributed by atoms with van der Waals surface area (Å²) in [5.74, 6) is -2.89. The number of anilines is 1. The van der Waals surface area contributed by atoms with Crippen LogP contribution in [0.5, 0.6) is 0 Å². The number of halogens is 5. The summed E-state index contributed by atoms with van der Waals surface area (Å²) in [6, 6.07) is 10.9. The van der Waals surface area contributed by atoms with Crippen molar-refractivity contribution in [3.8, 4) is 0 Å². The monoisotopic (exact) mass is 571 g/mol. The largest absolute Gasteiger partial charge is 0.404 e. The van der Waals surface area contributed by atoms with Gasteiger partial charge in [-0.25, -0.2) is 0 Å². The van der Waals surface area contributed by atoms with Crippen molar-refractivity contribution in [1.29, 1.82) is 0 Å². The molecule has 1 saturated heterocycles. The molecule has 2 amide bonds. The smallest absolute Gasteiger partial charge is 0.383 e. The van der Waals surface area contributed by atoms with Gasteiger partial charge in [0, 0.05) is 43.9 Å². The molecule has 0 aromatic heterocycles. The standard InChI is InChI=1S/C28H34Cl2F3N3O2/c1-18(34-22-10-11-23(24(30)17-22)26(37)35(2)3)6-4-7-19-12-14-36(15-13-19)27(38)25(28(31,32)33)20-8-5-9-21(29)16-20/h5,8-11,16-19,25,34H,4,6-7,12-15H2,1-3H3. The number of hydrogen-bond donors (Lipinski definition) is 1. The molecule has 1 fully saturated rings. The molecule has 1 heterocycles. The van der Waals surface area contributed by atoms with Crippen molar-refractivity contribution in [1.82, 2.24) is 9.80 Å². The highest BCUT2D eigenvalue weighted by Gasteiger charge is 2.48. The van der Waals surface area contributed by atoms with Crippen molar-refractivity contribution in [2.75, 3.05) is 32.5 Å². The van der Waals surface area contributed by atoms with Gasteiger partial charge in [0.1, 0.15) is 0 Å². The van der Waals surface area contributed by atoms with Crippen LogP contribution in [-0.2, 0) is 4.79 Å². The fraction of sp³-hybridized carbons (Fsp3) is 0.500. The normalized spacial score (nSPS) is 16.2. The molecule has 208 valence electrons. The molecule has 2 aromatic carbocycles. The highest BCUT2D eigenvalue weighted by Crippen LogP contribution is 2.38. The van der Waals surface area contributed by atoms with Crippen molar-refractivity contribution in [2.24, 2.45) is 5.92 Å². The van der Waals surface area contributed by atoms with E-state index < -0.39 is 18.0 Å². The molecule has 2 aromatic rings. The van der Waals surface area contributed by atoms with E-state index in [9.17, 15) is 22.8 Å². The third-order valence-corrected chi connectivity index (χ3v) is 7.50. The highest BCUT2D eigenvalue weighted by molar-refractivity contribution is 6.34. The predicted octanol–water partition coefficient (Wildman–Crippen LogP) is 7.25. The van der Waals surface area contributed by atoms with E-state index >= 15 is 0 Å². The molecule has 2 unspecified atom stereocenters. The Labute approximate surface area is 232 Å². The summed E-state index contributed by atoms with van der Waals surface area (Å²) < 4.78 is 41.4. The average Bonchev–Trinajstić information content (AvgIpc) is 2.83. The van der Waals surface area contributed by atoms with Gasteiger partial charge in [-0.1, -0.05) is 48.2 Å². The minimum absolute atomic E-state index is 0.126. The number of amides is 2. The first-order valence-corrected chi connectivity index (χ1v) is 13.5. The summed E-state index contributed by atoms with van der Waals surface area (Å²) in [5, 5.41) is 3.97. The highest BCUT2D eigenvalue weighted by atomic mass is 35.5. The Hall–Kier alpha value is -2.45. The number of piperidine rings is 1. The summed E-state index contributed by atoms with van der Waals surface area (Å²) in [6.45, 7) is 2.71. The summed E-state index contributed by atoms with van der Waals surface area (Å²) in [5.41, 5.74) is 1.16. The number of alkyl halides is 3. The van der Waals surface area contributed by atoms with Crippen molar-refractivity contribution in [3.63, 3.8) is 0 Å². The first-order valence-electron chi connectivity index (χ1n) is 12.8. The molecule has 10 heteroatoms. The van der Waals surface area contributed by atoms with Crippen LogP contribution in [0.3, 0.4) is 0 Å². The van der Waals surface area contributed by atoms with Crippen molar-refractivity contribution < 1.29 is 22.8 Å². The average molecular weight is 572 g/mol. The van der Waals surface area contributed by atoms with Gasteiger partial charge >= 0.3 is 6.18 Å². The van der Waals surface area contributed by atoms with Crippen LogP contribution in [-0.4, -0.2) is 61.0 Å². The molecule has 0 radical (unpaired) electrons. The van der Waals surface area contributed by atoms with Gasteiger partial charge in [0.2, 0.25) is 5.91 Å². The van der Waals surface area contributed by atoms with E-state index in [1.165, 1.54) is 34.1 Å². The minimum Gasteiger partial charge on any atom is -0.383 e. The summed E-state index contributed by atoms with van der Waals surface area (Å²) in [4.78, 5) is 27.8. The topological polar surface area (TPSA) is 52.7 Å². The van der Waals surface area contributed by atoms with Crippen LogP contribution in [0.4, 0.5) is 18.9 Å². The maximum atomic E-state index is 13.8. The first-order chi connectivity index (χ1) is 17.9. The first kappa shape index (κ1) is 30.1. The van der Waals surface area contributed by atoms with Crippen molar-refractivity contribution in [2.45, 2.75) is 57.2 Å². The molecule has 1 aliphatic rings. The number of nitrogens with one attached hydrogen (secondary N) is 1. The number of rotatable bonds is 9. The van der Waals surface area contributed by atoms with E-state index in [-0.39, 0.29) is 22.5 Å². The number of carbonyl (C=O) groups is 2. The Bertz CT molecular complexity index is 1120. The third-order valence-electron chi connectivity index (χ3n) is 6.95. The molecular weight excluding hydrogens is 538 g/mol. The van der Waals surface area contributed by atoms with Gasteiger partial charge in [0.25, 0.3) is 5.91 Å². The summed E-state index contributed by atoms with van der Waals surface area (Å²) in [6.07, 6.45) is -0.517. The number of carbonyl (C=O) groups excluding carboxylic acids is 2. The van der Waals surface area contributed by atoms with Crippen LogP contribution in [0.15, 0.2) is 42.5 Å². The van der Waals surface area contributed by atoms with Crippen LogP contribution < -0.4 is 5.32 Å². The molecule has 38 heavy (non-hydrogen) atoms. The second-order valence-electron chi connectivity index (χ2n) is 10.2. The Morgan fingerprint density at radius 1 is 1.11 bits per heavy atom. The third kappa shape index (κ3) is 8.03. The zero-order chi connectivity index (χ0) is 28.0. The van der Waals surface area contributed by atoms with Crippen LogP contribution in [0.1, 0.15) is 60.9 Å². The fourth-order valence-electron chi connectivity index (χ4n) is 4.87. The number of nitrogens with zero attached hydrogens (tertiary/aromatic N) is 2. The van der Waals surface area contributed by atoms with E-state index in [1.54, 1.807) is 26.2 Å². The Kier molecular flexibility index (Phi) is 10.4. The van der Waals surface area contributed by atoms with Crippen LogP contribution in [0.2, 0.25) is 10.0 Å². The molecule has 0 saturated carbocycles. The molecule has 0 spiro atoms. The molecule has 0 bridgehead atoms. The summed E-state index contributed by atoms with van der Waals surface area (Å²) >= 11 is 12.2. The van der Waals surface area contributed by atoms with Gasteiger partial charge < -0.3 is 15.1 Å². The molecule has 1 aliphatic heterocycles. The number of benzene rings is 2. The number of hydrogen-bond acceptors (Lipinski definition) is 3. The minimum atomic E-state index is -4.69. The Morgan fingerprint density at radius 3 is 2.37 bits per heavy atom. The van der Waals surface area contributed by atoms with Gasteiger partial charge in [-0.05, 0) is 68.0 Å². The Morgan fingerprint density at radius 2 is 1.79 bits per heavy atom. The molecule has 3 rings (SSSR count). The molecule has 5 nitrogen and oxygen atoms in total. The number of likely N-dealkylation sites (tertiary alicyclic amines) is 1. The van der Waals surface area contributed by atoms with Crippen LogP contribution in [0.25, 0.3) is 0 Å². The van der Waals surface area contributed by atoms with E-state index in [0.29, 0.717) is 42.4 Å². The summed E-state index contributed by atoms with van der Waals surface area (Å²) in [7, 11) is 3.35. The molecule has 2 atom stereocenters. The second-order valence-corrected chi connectivity index (χ2v) is 11.0. The van der Waals surface area contributed by atoms with Gasteiger partial charge in [0.15, 0.2) is 5.92 Å². The quantitative estimate of drug-likeness (QED) is 0.345. The Balaban J connectivity index is 1.46. The van der Waals surface area contributed by atoms with Crippen molar-refractivity contribution >= 4 is 40.7 Å². The lowest BCUT2D eigenvalue weighted by atomic mass is 9.89. The van der Waals surface area contributed by atoms with Gasteiger partial charge in [-0.3, -0.25) is 9.59 Å². The second kappa shape index (κ2) is 13.1. The lowest BCUT2D eigenvalue weighted by Gasteiger charge is -2.35. The van der Waals surface area contributed by atoms with Crippen LogP contribution in [0, 0.1) is 5.92 Å². The van der Waals surface area contributed by atoms with E-state index in [0.717, 1.165) is 24.9 Å². The van der Waals surface area contributed by atoms with Crippen molar-refractivity contribution in [3.05, 3.63) is 63.6 Å². The fourth-order valence-corrected chi connectivity index (χ4v) is 5.33. The SMILES string of the molecule is CC(CCCC1CCN(C(=O)C(c2cccc(Cl)c2)C(F)(F)F)CC1)Nc1ccc(C(=O)N(C)C)c(Cl)c1. The van der Waals surface area contributed by atoms with Gasteiger partial charge in [0.05, 0.1) is 10.6 Å². The lowest BCUT2D eigenvalue weighted by molar-refractivity contribution is -0.172. The molecular formula is C28H34Cl2F3N3O2.